The zero-order chi connectivity index (χ0) is 22.9. The fourth-order valence-corrected chi connectivity index (χ4v) is 11.5. The minimum atomic E-state index is -2.11. The van der Waals surface area contributed by atoms with Crippen LogP contribution >= 0.6 is 0 Å². The van der Waals surface area contributed by atoms with Gasteiger partial charge in [0.15, 0.2) is 0 Å². The Balaban J connectivity index is 1.74. The van der Waals surface area contributed by atoms with E-state index in [1.54, 1.807) is 24.3 Å². The van der Waals surface area contributed by atoms with E-state index >= 15 is 0 Å². The zero-order valence-electron chi connectivity index (χ0n) is 19.7. The highest BCUT2D eigenvalue weighted by Crippen LogP contribution is 2.45. The van der Waals surface area contributed by atoms with Crippen LogP contribution in [0.5, 0.6) is 0 Å². The molecular weight excluding hydrogens is 410 g/mol. The van der Waals surface area contributed by atoms with Crippen molar-refractivity contribution in [3.8, 4) is 0 Å². The monoisotopic (exact) mass is 449 g/mol. The van der Waals surface area contributed by atoms with Crippen LogP contribution in [0.4, 0.5) is 0 Å². The summed E-state index contributed by atoms with van der Waals surface area (Å²) in [5, 5.41) is 21.9. The molecule has 5 atom stereocenters. The Kier molecular flexibility index (Phi) is 7.64. The van der Waals surface area contributed by atoms with Gasteiger partial charge in [-0.2, -0.15) is 0 Å². The van der Waals surface area contributed by atoms with Gasteiger partial charge in [0, 0.05) is 13.1 Å². The number of fused-ring (bicyclic) bond motifs is 1. The lowest BCUT2D eigenvalue weighted by molar-refractivity contribution is -0.142. The van der Waals surface area contributed by atoms with E-state index in [4.69, 9.17) is 9.16 Å². The number of nitrogens with zero attached hydrogens (tertiary/aromatic N) is 1. The molecular formula is C24H39NO5Si. The number of ether oxygens (including phenoxy) is 1. The second kappa shape index (κ2) is 9.71. The number of rotatable bonds is 7. The maximum absolute atomic E-state index is 12.5. The summed E-state index contributed by atoms with van der Waals surface area (Å²) < 4.78 is 12.6. The molecule has 2 fully saturated rings. The maximum atomic E-state index is 12.5. The Morgan fingerprint density at radius 3 is 2.10 bits per heavy atom. The van der Waals surface area contributed by atoms with Crippen molar-refractivity contribution in [2.75, 3.05) is 13.1 Å². The standard InChI is InChI=1S/C24H39NO5Si/c1-15(2)31(16(3)4,17(5)6)30-19-12-13-25-14-20(22(26)23(27)21(19)25)29-24(28)18-10-8-7-9-11-18/h7-11,15-17,19-23,26-27H,12-14H2,1-6H3/t19-,20+,21-,22+,23-/m1/s1. The highest BCUT2D eigenvalue weighted by molar-refractivity contribution is 6.77. The molecule has 1 aromatic rings. The van der Waals surface area contributed by atoms with Gasteiger partial charge in [-0.1, -0.05) is 59.7 Å². The van der Waals surface area contributed by atoms with Crippen molar-refractivity contribution in [2.24, 2.45) is 0 Å². The van der Waals surface area contributed by atoms with Crippen LogP contribution in [-0.4, -0.2) is 72.9 Å². The largest absolute Gasteiger partial charge is 0.455 e. The second-order valence-electron chi connectivity index (χ2n) is 10.0. The second-order valence-corrected chi connectivity index (χ2v) is 15.4. The highest BCUT2D eigenvalue weighted by Gasteiger charge is 2.54. The Morgan fingerprint density at radius 1 is 0.968 bits per heavy atom. The molecule has 1 aromatic carbocycles. The fourth-order valence-electron chi connectivity index (χ4n) is 5.94. The zero-order valence-corrected chi connectivity index (χ0v) is 20.7. The molecule has 0 aromatic heterocycles. The predicted molar refractivity (Wildman–Crippen MR) is 124 cm³/mol. The summed E-state index contributed by atoms with van der Waals surface area (Å²) in [5.74, 6) is -0.479. The van der Waals surface area contributed by atoms with Gasteiger partial charge in [-0.05, 0) is 35.2 Å². The predicted octanol–water partition coefficient (Wildman–Crippen LogP) is 3.58. The molecule has 3 rings (SSSR count). The van der Waals surface area contributed by atoms with E-state index in [-0.39, 0.29) is 12.1 Å². The first-order valence-corrected chi connectivity index (χ1v) is 13.8. The van der Waals surface area contributed by atoms with Gasteiger partial charge in [0.05, 0.1) is 17.7 Å². The van der Waals surface area contributed by atoms with Gasteiger partial charge in [0.25, 0.3) is 0 Å². The van der Waals surface area contributed by atoms with Crippen LogP contribution in [0.25, 0.3) is 0 Å². The van der Waals surface area contributed by atoms with E-state index in [0.717, 1.165) is 13.0 Å². The average Bonchev–Trinajstić information content (AvgIpc) is 3.12. The Hall–Kier alpha value is -1.25. The molecule has 0 radical (unpaired) electrons. The van der Waals surface area contributed by atoms with Gasteiger partial charge < -0.3 is 19.4 Å². The van der Waals surface area contributed by atoms with Crippen LogP contribution in [0.1, 0.15) is 58.3 Å². The van der Waals surface area contributed by atoms with Crippen molar-refractivity contribution in [1.29, 1.82) is 0 Å². The van der Waals surface area contributed by atoms with Gasteiger partial charge in [-0.3, -0.25) is 4.90 Å². The average molecular weight is 450 g/mol. The van der Waals surface area contributed by atoms with Gasteiger partial charge >= 0.3 is 5.97 Å². The normalized spacial score (nSPS) is 29.6. The van der Waals surface area contributed by atoms with Gasteiger partial charge in [-0.25, -0.2) is 4.79 Å². The van der Waals surface area contributed by atoms with Gasteiger partial charge in [0.1, 0.15) is 18.3 Å². The molecule has 2 aliphatic heterocycles. The topological polar surface area (TPSA) is 79.2 Å². The van der Waals surface area contributed by atoms with Crippen LogP contribution in [0.3, 0.4) is 0 Å². The number of esters is 1. The molecule has 7 heteroatoms. The van der Waals surface area contributed by atoms with E-state index < -0.39 is 32.6 Å². The van der Waals surface area contributed by atoms with Crippen LogP contribution < -0.4 is 0 Å². The van der Waals surface area contributed by atoms with Crippen LogP contribution in [0, 0.1) is 0 Å². The lowest BCUT2D eigenvalue weighted by Crippen LogP contribution is -2.64. The first-order valence-electron chi connectivity index (χ1n) is 11.6. The number of aliphatic hydroxyl groups is 2. The Labute approximate surface area is 187 Å². The molecule has 0 saturated carbocycles. The van der Waals surface area contributed by atoms with Crippen molar-refractivity contribution < 1.29 is 24.2 Å². The number of benzene rings is 1. The Morgan fingerprint density at radius 2 is 1.55 bits per heavy atom. The third kappa shape index (κ3) is 4.62. The van der Waals surface area contributed by atoms with Crippen LogP contribution in [0.2, 0.25) is 16.6 Å². The molecule has 0 bridgehead atoms. The van der Waals surface area contributed by atoms with Gasteiger partial charge in [0.2, 0.25) is 8.32 Å². The third-order valence-corrected chi connectivity index (χ3v) is 13.5. The number of piperidine rings is 1. The van der Waals surface area contributed by atoms with Crippen LogP contribution in [0.15, 0.2) is 30.3 Å². The molecule has 0 spiro atoms. The molecule has 6 nitrogen and oxygen atoms in total. The lowest BCUT2D eigenvalue weighted by Gasteiger charge is -2.48. The molecule has 2 saturated heterocycles. The van der Waals surface area contributed by atoms with Crippen molar-refractivity contribution in [1.82, 2.24) is 4.90 Å². The summed E-state index contributed by atoms with van der Waals surface area (Å²) in [6.45, 7) is 14.7. The molecule has 2 N–H and O–H groups in total. The van der Waals surface area contributed by atoms with E-state index in [1.165, 1.54) is 0 Å². The third-order valence-electron chi connectivity index (χ3n) is 7.33. The molecule has 31 heavy (non-hydrogen) atoms. The maximum Gasteiger partial charge on any atom is 0.338 e. The first kappa shape index (κ1) is 24.4. The number of hydrogen-bond acceptors (Lipinski definition) is 6. The molecule has 0 aliphatic carbocycles. The number of hydrogen-bond donors (Lipinski definition) is 2. The van der Waals surface area contributed by atoms with E-state index in [0.29, 0.717) is 28.7 Å². The summed E-state index contributed by atoms with van der Waals surface area (Å²) >= 11 is 0. The van der Waals surface area contributed by atoms with Crippen molar-refractivity contribution >= 4 is 14.3 Å². The number of carbonyl (C=O) groups is 1. The Bertz CT molecular complexity index is 719. The van der Waals surface area contributed by atoms with E-state index in [1.807, 2.05) is 6.07 Å². The summed E-state index contributed by atoms with van der Waals surface area (Å²) in [4.78, 5) is 14.6. The molecule has 0 amide bonds. The highest BCUT2D eigenvalue weighted by atomic mass is 28.4. The summed E-state index contributed by atoms with van der Waals surface area (Å²) in [6, 6.07) is 8.48. The van der Waals surface area contributed by atoms with Crippen molar-refractivity contribution in [3.63, 3.8) is 0 Å². The van der Waals surface area contributed by atoms with E-state index in [2.05, 4.69) is 46.4 Å². The minimum absolute atomic E-state index is 0.116. The van der Waals surface area contributed by atoms with Gasteiger partial charge in [-0.15, -0.1) is 0 Å². The quantitative estimate of drug-likeness (QED) is 0.489. The number of aliphatic hydroxyl groups excluding tert-OH is 2. The summed E-state index contributed by atoms with van der Waals surface area (Å²) in [7, 11) is -2.11. The summed E-state index contributed by atoms with van der Waals surface area (Å²) in [6.07, 6.45) is -2.22. The molecule has 0 unspecified atom stereocenters. The number of carbonyl (C=O) groups excluding carboxylic acids is 1. The molecule has 2 aliphatic rings. The van der Waals surface area contributed by atoms with Crippen molar-refractivity contribution in [2.45, 2.75) is 95.0 Å². The molecule has 2 heterocycles. The molecule has 174 valence electrons. The van der Waals surface area contributed by atoms with E-state index in [9.17, 15) is 15.0 Å². The smallest absolute Gasteiger partial charge is 0.338 e. The van der Waals surface area contributed by atoms with Crippen molar-refractivity contribution in [3.05, 3.63) is 35.9 Å². The SMILES string of the molecule is CC(C)[Si](O[C@@H]1CCN2C[C@H](OC(=O)c3ccccc3)[C@H](O)[C@H](O)[C@@H]12)(C(C)C)C(C)C. The lowest BCUT2D eigenvalue weighted by atomic mass is 9.93. The fraction of sp³-hybridized carbons (Fsp3) is 0.708. The summed E-state index contributed by atoms with van der Waals surface area (Å²) in [5.41, 5.74) is 1.79. The first-order chi connectivity index (χ1) is 14.6. The minimum Gasteiger partial charge on any atom is -0.455 e. The van der Waals surface area contributed by atoms with Crippen LogP contribution in [-0.2, 0) is 9.16 Å².